The number of anilines is 2. The maximum atomic E-state index is 12.2. The van der Waals surface area contributed by atoms with E-state index in [9.17, 15) is 4.79 Å². The Hall–Kier alpha value is -2.53. The Morgan fingerprint density at radius 1 is 1.08 bits per heavy atom. The van der Waals surface area contributed by atoms with Crippen molar-refractivity contribution in [1.29, 1.82) is 0 Å². The summed E-state index contributed by atoms with van der Waals surface area (Å²) in [4.78, 5) is 16.5. The van der Waals surface area contributed by atoms with Crippen LogP contribution >= 0.6 is 0 Å². The van der Waals surface area contributed by atoms with E-state index < -0.39 is 0 Å². The molecule has 0 fully saturated rings. The van der Waals surface area contributed by atoms with Gasteiger partial charge in [0.2, 0.25) is 0 Å². The third kappa shape index (κ3) is 4.51. The summed E-state index contributed by atoms with van der Waals surface area (Å²) in [5.74, 6) is 0. The van der Waals surface area contributed by atoms with Gasteiger partial charge in [0.15, 0.2) is 0 Å². The van der Waals surface area contributed by atoms with Crippen LogP contribution in [0.15, 0.2) is 48.5 Å². The number of amides is 2. The average molecular weight is 338 g/mol. The molecular weight excluding hydrogens is 312 g/mol. The number of carbonyl (C=O) groups excluding carboxylic acids is 1. The van der Waals surface area contributed by atoms with Crippen LogP contribution in [0, 0.1) is 0 Å². The fraction of sp³-hybridized carbons (Fsp3) is 0.350. The molecule has 1 aliphatic heterocycles. The first kappa shape index (κ1) is 17.3. The molecule has 0 unspecified atom stereocenters. The normalized spacial score (nSPS) is 13.8. The predicted octanol–water partition coefficient (Wildman–Crippen LogP) is 2.93. The molecule has 1 aliphatic rings. The van der Waals surface area contributed by atoms with Crippen LogP contribution in [0.5, 0.6) is 0 Å². The van der Waals surface area contributed by atoms with E-state index in [0.717, 1.165) is 37.4 Å². The molecule has 2 amide bonds. The van der Waals surface area contributed by atoms with Gasteiger partial charge in [0.25, 0.3) is 0 Å². The van der Waals surface area contributed by atoms with Gasteiger partial charge in [-0.3, -0.25) is 4.90 Å². The summed E-state index contributed by atoms with van der Waals surface area (Å²) in [5.41, 5.74) is 4.66. The first-order valence-electron chi connectivity index (χ1n) is 8.74. The van der Waals surface area contributed by atoms with Gasteiger partial charge in [0.1, 0.15) is 0 Å². The van der Waals surface area contributed by atoms with E-state index in [1.807, 2.05) is 43.3 Å². The van der Waals surface area contributed by atoms with Crippen LogP contribution in [-0.2, 0) is 13.0 Å². The molecule has 0 bridgehead atoms. The summed E-state index contributed by atoms with van der Waals surface area (Å²) >= 11 is 0. The van der Waals surface area contributed by atoms with E-state index in [1.54, 1.807) is 0 Å². The summed E-state index contributed by atoms with van der Waals surface area (Å²) in [7, 11) is 3.93. The lowest BCUT2D eigenvalue weighted by Gasteiger charge is -2.28. The van der Waals surface area contributed by atoms with Crippen LogP contribution in [0.1, 0.15) is 11.1 Å². The number of nitrogens with zero attached hydrogens (tertiary/aromatic N) is 2. The second kappa shape index (κ2) is 8.03. The molecule has 0 aromatic heterocycles. The summed E-state index contributed by atoms with van der Waals surface area (Å²) in [6.45, 7) is 3.50. The van der Waals surface area contributed by atoms with Crippen molar-refractivity contribution in [2.45, 2.75) is 13.0 Å². The van der Waals surface area contributed by atoms with Crippen LogP contribution in [-0.4, -0.2) is 44.7 Å². The Bertz CT molecular complexity index is 729. The maximum Gasteiger partial charge on any atom is 0.319 e. The molecule has 5 heteroatoms. The van der Waals surface area contributed by atoms with Crippen LogP contribution in [0.3, 0.4) is 0 Å². The minimum atomic E-state index is -0.160. The quantitative estimate of drug-likeness (QED) is 0.881. The summed E-state index contributed by atoms with van der Waals surface area (Å²) in [5, 5.41) is 5.89. The number of benzene rings is 2. The highest BCUT2D eigenvalue weighted by Crippen LogP contribution is 2.23. The number of urea groups is 1. The van der Waals surface area contributed by atoms with Gasteiger partial charge in [0, 0.05) is 40.3 Å². The number of carbonyl (C=O) groups is 1. The molecule has 2 aromatic carbocycles. The van der Waals surface area contributed by atoms with E-state index in [1.165, 1.54) is 11.1 Å². The molecule has 1 heterocycles. The van der Waals surface area contributed by atoms with E-state index in [-0.39, 0.29) is 6.03 Å². The summed E-state index contributed by atoms with van der Waals surface area (Å²) < 4.78 is 0. The third-order valence-electron chi connectivity index (χ3n) is 4.56. The summed E-state index contributed by atoms with van der Waals surface area (Å²) in [6.07, 6.45) is 1.08. The molecule has 0 radical (unpaired) electrons. The van der Waals surface area contributed by atoms with Crippen LogP contribution in [0.25, 0.3) is 0 Å². The number of nitrogens with one attached hydrogen (secondary N) is 2. The molecule has 25 heavy (non-hydrogen) atoms. The van der Waals surface area contributed by atoms with E-state index in [4.69, 9.17) is 0 Å². The van der Waals surface area contributed by atoms with Crippen LogP contribution < -0.4 is 15.5 Å². The van der Waals surface area contributed by atoms with Crippen molar-refractivity contribution in [2.75, 3.05) is 43.9 Å². The molecule has 2 N–H and O–H groups in total. The van der Waals surface area contributed by atoms with E-state index in [2.05, 4.69) is 39.8 Å². The van der Waals surface area contributed by atoms with Gasteiger partial charge >= 0.3 is 6.03 Å². The van der Waals surface area contributed by atoms with Gasteiger partial charge in [-0.2, -0.15) is 0 Å². The van der Waals surface area contributed by atoms with Crippen LogP contribution in [0.2, 0.25) is 0 Å². The Morgan fingerprint density at radius 3 is 2.60 bits per heavy atom. The van der Waals surface area contributed by atoms with Crippen molar-refractivity contribution in [3.63, 3.8) is 0 Å². The second-order valence-electron chi connectivity index (χ2n) is 6.59. The Balaban J connectivity index is 1.46. The van der Waals surface area contributed by atoms with Crippen molar-refractivity contribution < 1.29 is 4.79 Å². The van der Waals surface area contributed by atoms with Crippen molar-refractivity contribution >= 4 is 17.4 Å². The number of para-hydroxylation sites is 2. The van der Waals surface area contributed by atoms with Crippen molar-refractivity contribution in [2.24, 2.45) is 0 Å². The molecule has 0 saturated heterocycles. The average Bonchev–Trinajstić information content (AvgIpc) is 2.62. The molecule has 0 spiro atoms. The Labute approximate surface area is 149 Å². The topological polar surface area (TPSA) is 47.6 Å². The predicted molar refractivity (Wildman–Crippen MR) is 103 cm³/mol. The zero-order valence-corrected chi connectivity index (χ0v) is 15.0. The van der Waals surface area contributed by atoms with Crippen molar-refractivity contribution in [3.8, 4) is 0 Å². The molecule has 0 atom stereocenters. The zero-order chi connectivity index (χ0) is 17.6. The highest BCUT2D eigenvalue weighted by molar-refractivity contribution is 5.93. The third-order valence-corrected chi connectivity index (χ3v) is 4.56. The minimum absolute atomic E-state index is 0.160. The highest BCUT2D eigenvalue weighted by Gasteiger charge is 2.15. The monoisotopic (exact) mass is 338 g/mol. The van der Waals surface area contributed by atoms with Gasteiger partial charge in [-0.1, -0.05) is 36.4 Å². The number of fused-ring (bicyclic) bond motifs is 1. The molecule has 2 aromatic rings. The molecule has 0 saturated carbocycles. The number of hydrogen-bond donors (Lipinski definition) is 2. The van der Waals surface area contributed by atoms with Gasteiger partial charge in [-0.15, -0.1) is 0 Å². The molecule has 0 aliphatic carbocycles. The lowest BCUT2D eigenvalue weighted by molar-refractivity contribution is 0.239. The minimum Gasteiger partial charge on any atom is -0.376 e. The van der Waals surface area contributed by atoms with Crippen LogP contribution in [0.4, 0.5) is 16.2 Å². The van der Waals surface area contributed by atoms with E-state index in [0.29, 0.717) is 6.54 Å². The second-order valence-corrected chi connectivity index (χ2v) is 6.59. The fourth-order valence-corrected chi connectivity index (χ4v) is 3.21. The highest BCUT2D eigenvalue weighted by atomic mass is 16.2. The van der Waals surface area contributed by atoms with E-state index >= 15 is 0 Å². The lowest BCUT2D eigenvalue weighted by atomic mass is 10.00. The standard InChI is InChI=1S/C20H26N4O/c1-23(2)19-10-6-5-9-18(19)22-20(25)21-12-14-24-13-11-16-7-3-4-8-17(16)15-24/h3-10H,11-15H2,1-2H3,(H2,21,22,25). The first-order chi connectivity index (χ1) is 12.1. The molecule has 3 rings (SSSR count). The molecular formula is C20H26N4O. The molecule has 5 nitrogen and oxygen atoms in total. The number of hydrogen-bond acceptors (Lipinski definition) is 3. The largest absolute Gasteiger partial charge is 0.376 e. The van der Waals surface area contributed by atoms with Crippen molar-refractivity contribution in [3.05, 3.63) is 59.7 Å². The fourth-order valence-electron chi connectivity index (χ4n) is 3.21. The first-order valence-corrected chi connectivity index (χ1v) is 8.74. The van der Waals surface area contributed by atoms with Gasteiger partial charge in [-0.05, 0) is 29.7 Å². The zero-order valence-electron chi connectivity index (χ0n) is 15.0. The Morgan fingerprint density at radius 2 is 1.80 bits per heavy atom. The Kier molecular flexibility index (Phi) is 5.56. The SMILES string of the molecule is CN(C)c1ccccc1NC(=O)NCCN1CCc2ccccc2C1. The lowest BCUT2D eigenvalue weighted by Crippen LogP contribution is -2.39. The van der Waals surface area contributed by atoms with Gasteiger partial charge < -0.3 is 15.5 Å². The molecule has 132 valence electrons. The summed E-state index contributed by atoms with van der Waals surface area (Å²) in [6, 6.07) is 16.2. The smallest absolute Gasteiger partial charge is 0.319 e. The number of rotatable bonds is 5. The van der Waals surface area contributed by atoms with Gasteiger partial charge in [-0.25, -0.2) is 4.79 Å². The maximum absolute atomic E-state index is 12.2. The van der Waals surface area contributed by atoms with Gasteiger partial charge in [0.05, 0.1) is 11.4 Å². The van der Waals surface area contributed by atoms with Crippen molar-refractivity contribution in [1.82, 2.24) is 10.2 Å².